The Labute approximate surface area is 131 Å². The fourth-order valence-corrected chi connectivity index (χ4v) is 3.27. The quantitative estimate of drug-likeness (QED) is 0.913. The van der Waals surface area contributed by atoms with E-state index in [4.69, 9.17) is 4.74 Å². The summed E-state index contributed by atoms with van der Waals surface area (Å²) in [5.74, 6) is 0.668. The number of ether oxygens (including phenoxy) is 1. The highest BCUT2D eigenvalue weighted by atomic mass is 16.5. The van der Waals surface area contributed by atoms with E-state index in [1.807, 2.05) is 43.3 Å². The first-order valence-electron chi connectivity index (χ1n) is 8.25. The Morgan fingerprint density at radius 1 is 1.14 bits per heavy atom. The van der Waals surface area contributed by atoms with Gasteiger partial charge in [0.25, 0.3) is 5.91 Å². The average Bonchev–Trinajstić information content (AvgIpc) is 2.55. The maximum Gasteiger partial charge on any atom is 0.255 e. The summed E-state index contributed by atoms with van der Waals surface area (Å²) in [5.41, 5.74) is 0.672. The minimum atomic E-state index is -0.00727. The summed E-state index contributed by atoms with van der Waals surface area (Å²) in [4.78, 5) is 12.8. The highest BCUT2D eigenvalue weighted by molar-refractivity contribution is 6.09. The lowest BCUT2D eigenvalue weighted by Crippen LogP contribution is -2.36. The Morgan fingerprint density at radius 3 is 2.68 bits per heavy atom. The molecule has 1 aliphatic rings. The van der Waals surface area contributed by atoms with Crippen molar-refractivity contribution < 1.29 is 9.53 Å². The van der Waals surface area contributed by atoms with Gasteiger partial charge < -0.3 is 10.1 Å². The summed E-state index contributed by atoms with van der Waals surface area (Å²) in [6.45, 7) is 2.50. The summed E-state index contributed by atoms with van der Waals surface area (Å²) in [5, 5.41) is 5.24. The zero-order valence-electron chi connectivity index (χ0n) is 13.1. The van der Waals surface area contributed by atoms with Crippen LogP contribution in [0.3, 0.4) is 0 Å². The Morgan fingerprint density at radius 2 is 1.91 bits per heavy atom. The molecule has 0 radical (unpaired) electrons. The van der Waals surface area contributed by atoms with Crippen LogP contribution >= 0.6 is 0 Å². The minimum absolute atomic E-state index is 0.00727. The second-order valence-electron chi connectivity index (χ2n) is 5.90. The normalized spacial score (nSPS) is 15.7. The molecule has 116 valence electrons. The highest BCUT2D eigenvalue weighted by Crippen LogP contribution is 2.29. The highest BCUT2D eigenvalue weighted by Gasteiger charge is 2.21. The van der Waals surface area contributed by atoms with Crippen LogP contribution in [0.4, 0.5) is 0 Å². The van der Waals surface area contributed by atoms with Crippen molar-refractivity contribution in [1.29, 1.82) is 0 Å². The summed E-state index contributed by atoms with van der Waals surface area (Å²) in [7, 11) is 0. The first-order valence-corrected chi connectivity index (χ1v) is 8.25. The molecule has 22 heavy (non-hydrogen) atoms. The summed E-state index contributed by atoms with van der Waals surface area (Å²) in [6.07, 6.45) is 5.86. The van der Waals surface area contributed by atoms with Crippen LogP contribution in [0.2, 0.25) is 0 Å². The minimum Gasteiger partial charge on any atom is -0.493 e. The van der Waals surface area contributed by atoms with Crippen LogP contribution in [0, 0.1) is 0 Å². The molecule has 3 rings (SSSR count). The molecule has 1 N–H and O–H groups in total. The van der Waals surface area contributed by atoms with Crippen molar-refractivity contribution in [3.63, 3.8) is 0 Å². The van der Waals surface area contributed by atoms with Gasteiger partial charge in [0.15, 0.2) is 0 Å². The van der Waals surface area contributed by atoms with Gasteiger partial charge in [0, 0.05) is 6.04 Å². The molecule has 0 bridgehead atoms. The molecule has 0 saturated heterocycles. The zero-order valence-corrected chi connectivity index (χ0v) is 13.1. The van der Waals surface area contributed by atoms with Crippen molar-refractivity contribution in [2.75, 3.05) is 6.61 Å². The van der Waals surface area contributed by atoms with Crippen molar-refractivity contribution in [3.05, 3.63) is 42.0 Å². The van der Waals surface area contributed by atoms with Gasteiger partial charge in [-0.15, -0.1) is 0 Å². The maximum absolute atomic E-state index is 12.8. The molecule has 0 unspecified atom stereocenters. The third kappa shape index (κ3) is 3.08. The SMILES string of the molecule is CCOc1ccc2ccccc2c1C(=O)NC1CCCCC1. The second kappa shape index (κ2) is 6.82. The molecule has 1 fully saturated rings. The van der Waals surface area contributed by atoms with Crippen LogP contribution in [0.25, 0.3) is 10.8 Å². The van der Waals surface area contributed by atoms with E-state index in [2.05, 4.69) is 5.32 Å². The lowest BCUT2D eigenvalue weighted by atomic mass is 9.95. The van der Waals surface area contributed by atoms with Gasteiger partial charge in [-0.05, 0) is 36.6 Å². The van der Waals surface area contributed by atoms with E-state index in [-0.39, 0.29) is 5.91 Å². The van der Waals surface area contributed by atoms with E-state index >= 15 is 0 Å². The predicted molar refractivity (Wildman–Crippen MR) is 89.5 cm³/mol. The number of carbonyl (C=O) groups excluding carboxylic acids is 1. The fraction of sp³-hybridized carbons (Fsp3) is 0.421. The van der Waals surface area contributed by atoms with Gasteiger partial charge in [0.1, 0.15) is 5.75 Å². The van der Waals surface area contributed by atoms with E-state index in [0.29, 0.717) is 24.0 Å². The van der Waals surface area contributed by atoms with Crippen LogP contribution in [-0.4, -0.2) is 18.6 Å². The van der Waals surface area contributed by atoms with Crippen molar-refractivity contribution >= 4 is 16.7 Å². The van der Waals surface area contributed by atoms with Gasteiger partial charge in [-0.3, -0.25) is 4.79 Å². The number of rotatable bonds is 4. The average molecular weight is 297 g/mol. The fourth-order valence-electron chi connectivity index (χ4n) is 3.27. The van der Waals surface area contributed by atoms with E-state index in [1.54, 1.807) is 0 Å². The molecule has 2 aromatic carbocycles. The molecule has 0 heterocycles. The molecule has 1 aliphatic carbocycles. The summed E-state index contributed by atoms with van der Waals surface area (Å²) >= 11 is 0. The monoisotopic (exact) mass is 297 g/mol. The molecular weight excluding hydrogens is 274 g/mol. The number of amides is 1. The van der Waals surface area contributed by atoms with E-state index in [9.17, 15) is 4.79 Å². The molecule has 3 nitrogen and oxygen atoms in total. The molecular formula is C19H23NO2. The van der Waals surface area contributed by atoms with Gasteiger partial charge in [-0.2, -0.15) is 0 Å². The summed E-state index contributed by atoms with van der Waals surface area (Å²) < 4.78 is 5.69. The molecule has 1 amide bonds. The first kappa shape index (κ1) is 14.9. The van der Waals surface area contributed by atoms with Crippen LogP contribution in [0.15, 0.2) is 36.4 Å². The molecule has 0 spiro atoms. The molecule has 1 saturated carbocycles. The van der Waals surface area contributed by atoms with Crippen molar-refractivity contribution in [2.24, 2.45) is 0 Å². The topological polar surface area (TPSA) is 38.3 Å². The van der Waals surface area contributed by atoms with Crippen LogP contribution < -0.4 is 10.1 Å². The smallest absolute Gasteiger partial charge is 0.255 e. The largest absolute Gasteiger partial charge is 0.493 e. The van der Waals surface area contributed by atoms with Crippen molar-refractivity contribution in [3.8, 4) is 5.75 Å². The lowest BCUT2D eigenvalue weighted by Gasteiger charge is -2.23. The third-order valence-corrected chi connectivity index (χ3v) is 4.36. The maximum atomic E-state index is 12.8. The Hall–Kier alpha value is -2.03. The van der Waals surface area contributed by atoms with Gasteiger partial charge in [-0.25, -0.2) is 0 Å². The molecule has 0 atom stereocenters. The van der Waals surface area contributed by atoms with Gasteiger partial charge in [0.05, 0.1) is 12.2 Å². The standard InChI is InChI=1S/C19H23NO2/c1-2-22-17-13-12-14-8-6-7-11-16(14)18(17)19(21)20-15-9-4-3-5-10-15/h6-8,11-13,15H,2-5,9-10H2,1H3,(H,20,21). The predicted octanol–water partition coefficient (Wildman–Crippen LogP) is 4.30. The van der Waals surface area contributed by atoms with Crippen molar-refractivity contribution in [2.45, 2.75) is 45.1 Å². The molecule has 0 aromatic heterocycles. The Kier molecular flexibility index (Phi) is 4.62. The van der Waals surface area contributed by atoms with Crippen molar-refractivity contribution in [1.82, 2.24) is 5.32 Å². The zero-order chi connectivity index (χ0) is 15.4. The summed E-state index contributed by atoms with van der Waals surface area (Å²) in [6, 6.07) is 12.2. The number of fused-ring (bicyclic) bond motifs is 1. The number of nitrogens with one attached hydrogen (secondary N) is 1. The van der Waals surface area contributed by atoms with Crippen LogP contribution in [0.1, 0.15) is 49.4 Å². The molecule has 2 aromatic rings. The lowest BCUT2D eigenvalue weighted by molar-refractivity contribution is 0.0926. The first-order chi connectivity index (χ1) is 10.8. The van der Waals surface area contributed by atoms with Gasteiger partial charge in [-0.1, -0.05) is 49.6 Å². The number of carbonyl (C=O) groups is 1. The van der Waals surface area contributed by atoms with Gasteiger partial charge >= 0.3 is 0 Å². The number of hydrogen-bond acceptors (Lipinski definition) is 2. The molecule has 0 aliphatic heterocycles. The Bertz CT molecular complexity index is 660. The Balaban J connectivity index is 1.95. The van der Waals surface area contributed by atoms with Gasteiger partial charge in [0.2, 0.25) is 0 Å². The number of hydrogen-bond donors (Lipinski definition) is 1. The second-order valence-corrected chi connectivity index (χ2v) is 5.90. The van der Waals surface area contributed by atoms with Crippen LogP contribution in [-0.2, 0) is 0 Å². The van der Waals surface area contributed by atoms with E-state index in [0.717, 1.165) is 23.6 Å². The third-order valence-electron chi connectivity index (χ3n) is 4.36. The number of benzene rings is 2. The van der Waals surface area contributed by atoms with Crippen LogP contribution in [0.5, 0.6) is 5.75 Å². The molecule has 3 heteroatoms. The van der Waals surface area contributed by atoms with E-state index < -0.39 is 0 Å². The van der Waals surface area contributed by atoms with E-state index in [1.165, 1.54) is 19.3 Å².